The van der Waals surface area contributed by atoms with Gasteiger partial charge in [0.25, 0.3) is 0 Å². The summed E-state index contributed by atoms with van der Waals surface area (Å²) in [5.74, 6) is 2.34. The number of rotatable bonds is 5. The van der Waals surface area contributed by atoms with Gasteiger partial charge in [-0.1, -0.05) is 6.07 Å². The standard InChI is InChI=1S/C18H22N4O3/c1-24-15-4-3-14(16(12-15)25-2)11-18(23)22-9-7-21(8-10-22)17-13-19-5-6-20-17/h3-6,12-13H,7-11H2,1-2H3. The molecule has 2 heterocycles. The fraction of sp³-hybridized carbons (Fsp3) is 0.389. The highest BCUT2D eigenvalue weighted by Gasteiger charge is 2.23. The number of benzene rings is 1. The molecule has 1 aromatic carbocycles. The number of piperazine rings is 1. The molecule has 1 fully saturated rings. The Balaban J connectivity index is 1.60. The van der Waals surface area contributed by atoms with Crippen LogP contribution in [0.25, 0.3) is 0 Å². The average molecular weight is 342 g/mol. The molecular weight excluding hydrogens is 320 g/mol. The van der Waals surface area contributed by atoms with E-state index >= 15 is 0 Å². The predicted octanol–water partition coefficient (Wildman–Crippen LogP) is 1.39. The number of hydrogen-bond acceptors (Lipinski definition) is 6. The summed E-state index contributed by atoms with van der Waals surface area (Å²) in [6.07, 6.45) is 5.41. The third kappa shape index (κ3) is 3.99. The zero-order valence-corrected chi connectivity index (χ0v) is 14.5. The number of ether oxygens (including phenoxy) is 2. The Kier molecular flexibility index (Phi) is 5.33. The van der Waals surface area contributed by atoms with Crippen molar-refractivity contribution in [3.63, 3.8) is 0 Å². The van der Waals surface area contributed by atoms with Crippen LogP contribution in [0.15, 0.2) is 36.8 Å². The second-order valence-corrected chi connectivity index (χ2v) is 5.79. The highest BCUT2D eigenvalue weighted by molar-refractivity contribution is 5.80. The Morgan fingerprint density at radius 3 is 2.56 bits per heavy atom. The van der Waals surface area contributed by atoms with E-state index in [0.717, 1.165) is 24.5 Å². The molecule has 0 spiro atoms. The normalized spacial score (nSPS) is 14.3. The van der Waals surface area contributed by atoms with Crippen molar-refractivity contribution < 1.29 is 14.3 Å². The minimum atomic E-state index is 0.0993. The van der Waals surface area contributed by atoms with E-state index in [1.165, 1.54) is 0 Å². The maximum absolute atomic E-state index is 12.6. The van der Waals surface area contributed by atoms with Gasteiger partial charge < -0.3 is 19.3 Å². The van der Waals surface area contributed by atoms with Gasteiger partial charge in [-0.3, -0.25) is 9.78 Å². The van der Waals surface area contributed by atoms with Gasteiger partial charge in [0.15, 0.2) is 0 Å². The highest BCUT2D eigenvalue weighted by atomic mass is 16.5. The Labute approximate surface area is 147 Å². The smallest absolute Gasteiger partial charge is 0.227 e. The third-order valence-corrected chi connectivity index (χ3v) is 4.34. The lowest BCUT2D eigenvalue weighted by Gasteiger charge is -2.35. The first-order valence-electron chi connectivity index (χ1n) is 8.21. The summed E-state index contributed by atoms with van der Waals surface area (Å²) in [5.41, 5.74) is 0.865. The molecule has 7 heteroatoms. The van der Waals surface area contributed by atoms with E-state index in [-0.39, 0.29) is 5.91 Å². The van der Waals surface area contributed by atoms with Crippen LogP contribution in [0.3, 0.4) is 0 Å². The third-order valence-electron chi connectivity index (χ3n) is 4.34. The molecule has 0 saturated carbocycles. The molecular formula is C18H22N4O3. The number of aromatic nitrogens is 2. The number of carbonyl (C=O) groups is 1. The zero-order chi connectivity index (χ0) is 17.6. The van der Waals surface area contributed by atoms with E-state index in [4.69, 9.17) is 9.47 Å². The second-order valence-electron chi connectivity index (χ2n) is 5.79. The van der Waals surface area contributed by atoms with Crippen LogP contribution in [-0.4, -0.2) is 61.2 Å². The Bertz CT molecular complexity index is 716. The first-order valence-corrected chi connectivity index (χ1v) is 8.21. The van der Waals surface area contributed by atoms with Crippen molar-refractivity contribution in [1.29, 1.82) is 0 Å². The molecule has 0 N–H and O–H groups in total. The molecule has 1 amide bonds. The SMILES string of the molecule is COc1ccc(CC(=O)N2CCN(c3cnccn3)CC2)c(OC)c1. The van der Waals surface area contributed by atoms with Gasteiger partial charge in [0, 0.05) is 50.2 Å². The van der Waals surface area contributed by atoms with Crippen molar-refractivity contribution in [3.8, 4) is 11.5 Å². The van der Waals surface area contributed by atoms with Gasteiger partial charge in [0.1, 0.15) is 17.3 Å². The molecule has 132 valence electrons. The summed E-state index contributed by atoms with van der Waals surface area (Å²) in [6.45, 7) is 2.86. The molecule has 2 aromatic rings. The maximum atomic E-state index is 12.6. The molecule has 0 radical (unpaired) electrons. The lowest BCUT2D eigenvalue weighted by molar-refractivity contribution is -0.130. The van der Waals surface area contributed by atoms with Crippen LogP contribution >= 0.6 is 0 Å². The van der Waals surface area contributed by atoms with Crippen molar-refractivity contribution in [1.82, 2.24) is 14.9 Å². The zero-order valence-electron chi connectivity index (χ0n) is 14.5. The summed E-state index contributed by atoms with van der Waals surface area (Å²) in [4.78, 5) is 25.1. The van der Waals surface area contributed by atoms with E-state index < -0.39 is 0 Å². The summed E-state index contributed by atoms with van der Waals surface area (Å²) in [5, 5.41) is 0. The molecule has 1 aliphatic heterocycles. The molecule has 1 aromatic heterocycles. The minimum absolute atomic E-state index is 0.0993. The maximum Gasteiger partial charge on any atom is 0.227 e. The van der Waals surface area contributed by atoms with Crippen molar-refractivity contribution >= 4 is 11.7 Å². The molecule has 3 rings (SSSR count). The Morgan fingerprint density at radius 2 is 1.92 bits per heavy atom. The Hall–Kier alpha value is -2.83. The van der Waals surface area contributed by atoms with Crippen LogP contribution in [-0.2, 0) is 11.2 Å². The van der Waals surface area contributed by atoms with Crippen LogP contribution in [0, 0.1) is 0 Å². The summed E-state index contributed by atoms with van der Waals surface area (Å²) in [7, 11) is 3.21. The molecule has 0 unspecified atom stereocenters. The van der Waals surface area contributed by atoms with Crippen molar-refractivity contribution in [2.45, 2.75) is 6.42 Å². The average Bonchev–Trinajstić information content (AvgIpc) is 2.69. The van der Waals surface area contributed by atoms with E-state index in [0.29, 0.717) is 31.0 Å². The second kappa shape index (κ2) is 7.83. The topological polar surface area (TPSA) is 67.8 Å². The predicted molar refractivity (Wildman–Crippen MR) is 94.1 cm³/mol. The molecule has 0 aliphatic carbocycles. The number of anilines is 1. The first kappa shape index (κ1) is 17.0. The summed E-state index contributed by atoms with van der Waals surface area (Å²) in [6, 6.07) is 5.52. The molecule has 25 heavy (non-hydrogen) atoms. The number of carbonyl (C=O) groups excluding carboxylic acids is 1. The number of methoxy groups -OCH3 is 2. The van der Waals surface area contributed by atoms with E-state index in [9.17, 15) is 4.79 Å². The lowest BCUT2D eigenvalue weighted by Crippen LogP contribution is -2.49. The van der Waals surface area contributed by atoms with Gasteiger partial charge in [-0.05, 0) is 6.07 Å². The van der Waals surface area contributed by atoms with Gasteiger partial charge in [-0.2, -0.15) is 0 Å². The van der Waals surface area contributed by atoms with Gasteiger partial charge in [0.05, 0.1) is 26.8 Å². The van der Waals surface area contributed by atoms with Gasteiger partial charge >= 0.3 is 0 Å². The number of hydrogen-bond donors (Lipinski definition) is 0. The van der Waals surface area contributed by atoms with Gasteiger partial charge in [0.2, 0.25) is 5.91 Å². The Morgan fingerprint density at radius 1 is 1.12 bits per heavy atom. The van der Waals surface area contributed by atoms with Gasteiger partial charge in [-0.25, -0.2) is 4.98 Å². The van der Waals surface area contributed by atoms with E-state index in [2.05, 4.69) is 14.9 Å². The fourth-order valence-electron chi connectivity index (χ4n) is 2.91. The quantitative estimate of drug-likeness (QED) is 0.818. The van der Waals surface area contributed by atoms with Crippen LogP contribution in [0.5, 0.6) is 11.5 Å². The summed E-state index contributed by atoms with van der Waals surface area (Å²) >= 11 is 0. The van der Waals surface area contributed by atoms with Crippen molar-refractivity contribution in [3.05, 3.63) is 42.4 Å². The van der Waals surface area contributed by atoms with Crippen molar-refractivity contribution in [2.75, 3.05) is 45.3 Å². The minimum Gasteiger partial charge on any atom is -0.497 e. The molecule has 1 aliphatic rings. The van der Waals surface area contributed by atoms with Crippen LogP contribution in [0.1, 0.15) is 5.56 Å². The van der Waals surface area contributed by atoms with Crippen LogP contribution in [0.4, 0.5) is 5.82 Å². The highest BCUT2D eigenvalue weighted by Crippen LogP contribution is 2.25. The first-order chi connectivity index (χ1) is 12.2. The lowest BCUT2D eigenvalue weighted by atomic mass is 10.1. The molecule has 0 bridgehead atoms. The van der Waals surface area contributed by atoms with Crippen LogP contribution < -0.4 is 14.4 Å². The molecule has 1 saturated heterocycles. The summed E-state index contributed by atoms with van der Waals surface area (Å²) < 4.78 is 10.6. The van der Waals surface area contributed by atoms with E-state index in [1.807, 2.05) is 17.0 Å². The largest absolute Gasteiger partial charge is 0.497 e. The van der Waals surface area contributed by atoms with E-state index in [1.54, 1.807) is 38.9 Å². The van der Waals surface area contributed by atoms with Gasteiger partial charge in [-0.15, -0.1) is 0 Å². The fourth-order valence-corrected chi connectivity index (χ4v) is 2.91. The van der Waals surface area contributed by atoms with Crippen LogP contribution in [0.2, 0.25) is 0 Å². The molecule has 7 nitrogen and oxygen atoms in total. The number of amides is 1. The number of nitrogens with zero attached hydrogens (tertiary/aromatic N) is 4. The monoisotopic (exact) mass is 342 g/mol. The van der Waals surface area contributed by atoms with Crippen molar-refractivity contribution in [2.24, 2.45) is 0 Å². The molecule has 0 atom stereocenters.